The molecule has 2 aromatic carbocycles. The Bertz CT molecular complexity index is 835. The first kappa shape index (κ1) is 17.9. The Balaban J connectivity index is 1.57. The van der Waals surface area contributed by atoms with Crippen LogP contribution < -0.4 is 15.4 Å². The van der Waals surface area contributed by atoms with Crippen molar-refractivity contribution >= 4 is 17.5 Å². The van der Waals surface area contributed by atoms with E-state index in [1.807, 2.05) is 13.0 Å². The van der Waals surface area contributed by atoms with Crippen LogP contribution in [0.4, 0.5) is 10.1 Å². The number of ether oxygens (including phenoxy) is 1. The molecule has 0 aliphatic carbocycles. The van der Waals surface area contributed by atoms with Crippen molar-refractivity contribution in [2.45, 2.75) is 32.3 Å². The minimum absolute atomic E-state index is 0.272. The normalized spacial score (nSPS) is 18.5. The van der Waals surface area contributed by atoms with Crippen LogP contribution in [0.3, 0.4) is 0 Å². The first-order valence-corrected chi connectivity index (χ1v) is 8.52. The Kier molecular flexibility index (Phi) is 4.93. The van der Waals surface area contributed by atoms with E-state index in [2.05, 4.69) is 10.6 Å². The van der Waals surface area contributed by atoms with Crippen molar-refractivity contribution in [2.75, 3.05) is 11.9 Å². The van der Waals surface area contributed by atoms with Gasteiger partial charge in [0.05, 0.1) is 5.69 Å². The Morgan fingerprint density at radius 3 is 2.69 bits per heavy atom. The lowest BCUT2D eigenvalue weighted by Gasteiger charge is -2.33. The van der Waals surface area contributed by atoms with Crippen molar-refractivity contribution in [3.8, 4) is 5.75 Å². The molecule has 26 heavy (non-hydrogen) atoms. The second-order valence-electron chi connectivity index (χ2n) is 6.57. The molecule has 1 aliphatic rings. The first-order chi connectivity index (χ1) is 12.4. The summed E-state index contributed by atoms with van der Waals surface area (Å²) in [6, 6.07) is 11.7. The highest BCUT2D eigenvalue weighted by atomic mass is 19.1. The summed E-state index contributed by atoms with van der Waals surface area (Å²) in [5, 5.41) is 5.48. The molecule has 0 saturated carbocycles. The lowest BCUT2D eigenvalue weighted by atomic mass is 10.0. The molecule has 0 fully saturated rings. The van der Waals surface area contributed by atoms with Crippen LogP contribution in [0, 0.1) is 12.7 Å². The summed E-state index contributed by atoms with van der Waals surface area (Å²) in [5.74, 6) is -0.781. The molecule has 0 spiro atoms. The number of carbonyl (C=O) groups excluding carboxylic acids is 2. The van der Waals surface area contributed by atoms with E-state index < -0.39 is 17.4 Å². The Labute approximate surface area is 151 Å². The van der Waals surface area contributed by atoms with Crippen LogP contribution in [0.15, 0.2) is 42.5 Å². The fourth-order valence-corrected chi connectivity index (χ4v) is 2.80. The number of fused-ring (bicyclic) bond motifs is 1. The van der Waals surface area contributed by atoms with E-state index in [9.17, 15) is 14.0 Å². The smallest absolute Gasteiger partial charge is 0.278 e. The van der Waals surface area contributed by atoms with Crippen LogP contribution in [0.5, 0.6) is 5.75 Å². The maximum atomic E-state index is 12.9. The number of halogens is 1. The fraction of sp³-hybridized carbons (Fsp3) is 0.300. The molecule has 0 aromatic heterocycles. The number of benzene rings is 2. The molecule has 2 amide bonds. The number of nitrogens with one attached hydrogen (secondary N) is 2. The third-order valence-electron chi connectivity index (χ3n) is 4.40. The van der Waals surface area contributed by atoms with Crippen molar-refractivity contribution in [3.05, 3.63) is 59.4 Å². The number of hydrogen-bond donors (Lipinski definition) is 2. The van der Waals surface area contributed by atoms with Crippen LogP contribution in [0.2, 0.25) is 0 Å². The molecule has 1 atom stereocenters. The van der Waals surface area contributed by atoms with Gasteiger partial charge in [-0.15, -0.1) is 0 Å². The molecule has 0 saturated heterocycles. The first-order valence-electron chi connectivity index (χ1n) is 8.52. The molecule has 3 rings (SSSR count). The molecule has 6 heteroatoms. The lowest BCUT2D eigenvalue weighted by molar-refractivity contribution is -0.146. The van der Waals surface area contributed by atoms with E-state index in [1.54, 1.807) is 24.3 Å². The van der Waals surface area contributed by atoms with Crippen LogP contribution in [-0.2, 0) is 16.0 Å². The predicted molar refractivity (Wildman–Crippen MR) is 96.6 cm³/mol. The van der Waals surface area contributed by atoms with E-state index in [1.165, 1.54) is 19.1 Å². The van der Waals surface area contributed by atoms with E-state index in [-0.39, 0.29) is 5.82 Å². The van der Waals surface area contributed by atoms with Gasteiger partial charge in [0, 0.05) is 6.54 Å². The van der Waals surface area contributed by atoms with E-state index >= 15 is 0 Å². The Hall–Kier alpha value is -2.89. The van der Waals surface area contributed by atoms with Gasteiger partial charge in [0.25, 0.3) is 17.4 Å². The lowest BCUT2D eigenvalue weighted by Crippen LogP contribution is -2.58. The zero-order valence-electron chi connectivity index (χ0n) is 14.8. The highest BCUT2D eigenvalue weighted by Crippen LogP contribution is 2.34. The summed E-state index contributed by atoms with van der Waals surface area (Å²) in [6.45, 7) is 3.76. The molecule has 1 aliphatic heterocycles. The number of amides is 2. The molecule has 136 valence electrons. The maximum Gasteiger partial charge on any atom is 0.278 e. The standard InChI is InChI=1S/C20H21FN2O3/c1-13-5-10-17-16(12-13)23-19(25)20(2,26-17)18(24)22-11-3-4-14-6-8-15(21)9-7-14/h5-10,12H,3-4,11H2,1-2H3,(H,22,24)(H,23,25). The number of hydrogen-bond acceptors (Lipinski definition) is 3. The van der Waals surface area contributed by atoms with Gasteiger partial charge in [0.1, 0.15) is 11.6 Å². The van der Waals surface area contributed by atoms with E-state index in [0.29, 0.717) is 30.8 Å². The van der Waals surface area contributed by atoms with Crippen molar-refractivity contribution in [3.63, 3.8) is 0 Å². The average Bonchev–Trinajstić information content (AvgIpc) is 2.61. The summed E-state index contributed by atoms with van der Waals surface area (Å²) in [7, 11) is 0. The molecule has 2 aromatic rings. The van der Waals surface area contributed by atoms with Gasteiger partial charge >= 0.3 is 0 Å². The fourth-order valence-electron chi connectivity index (χ4n) is 2.80. The summed E-state index contributed by atoms with van der Waals surface area (Å²) in [4.78, 5) is 24.9. The van der Waals surface area contributed by atoms with E-state index in [0.717, 1.165) is 11.1 Å². The van der Waals surface area contributed by atoms with Gasteiger partial charge in [-0.1, -0.05) is 18.2 Å². The van der Waals surface area contributed by atoms with E-state index in [4.69, 9.17) is 4.74 Å². The maximum absolute atomic E-state index is 12.9. The van der Waals surface area contributed by atoms with Crippen molar-refractivity contribution in [1.29, 1.82) is 0 Å². The van der Waals surface area contributed by atoms with Crippen molar-refractivity contribution in [1.82, 2.24) is 5.32 Å². The highest BCUT2D eigenvalue weighted by Gasteiger charge is 2.47. The second kappa shape index (κ2) is 7.15. The number of anilines is 1. The molecular formula is C20H21FN2O3. The SMILES string of the molecule is Cc1ccc2c(c1)NC(=O)C(C)(C(=O)NCCCc1ccc(F)cc1)O2. The van der Waals surface area contributed by atoms with Gasteiger partial charge in [-0.25, -0.2) is 4.39 Å². The van der Waals surface area contributed by atoms with Crippen LogP contribution in [0.1, 0.15) is 24.5 Å². The van der Waals surface area contributed by atoms with Gasteiger partial charge in [0.2, 0.25) is 0 Å². The van der Waals surface area contributed by atoms with Gasteiger partial charge in [-0.3, -0.25) is 9.59 Å². The van der Waals surface area contributed by atoms with Crippen LogP contribution in [0.25, 0.3) is 0 Å². The largest absolute Gasteiger partial charge is 0.466 e. The minimum Gasteiger partial charge on any atom is -0.466 e. The molecular weight excluding hydrogens is 335 g/mol. The Morgan fingerprint density at radius 1 is 1.23 bits per heavy atom. The predicted octanol–water partition coefficient (Wildman–Crippen LogP) is 2.97. The zero-order chi connectivity index (χ0) is 18.7. The Morgan fingerprint density at radius 2 is 1.96 bits per heavy atom. The van der Waals surface area contributed by atoms with Gasteiger partial charge in [-0.05, 0) is 62.1 Å². The number of rotatable bonds is 5. The third-order valence-corrected chi connectivity index (χ3v) is 4.40. The average molecular weight is 356 g/mol. The highest BCUT2D eigenvalue weighted by molar-refractivity contribution is 6.15. The molecule has 1 unspecified atom stereocenters. The summed E-state index contributed by atoms with van der Waals surface area (Å²) < 4.78 is 18.6. The number of carbonyl (C=O) groups is 2. The molecule has 5 nitrogen and oxygen atoms in total. The van der Waals surface area contributed by atoms with Crippen LogP contribution >= 0.6 is 0 Å². The minimum atomic E-state index is -1.61. The van der Waals surface area contributed by atoms with Crippen molar-refractivity contribution < 1.29 is 18.7 Å². The monoisotopic (exact) mass is 356 g/mol. The number of aryl methyl sites for hydroxylation is 2. The quantitative estimate of drug-likeness (QED) is 0.639. The molecule has 0 radical (unpaired) electrons. The summed E-state index contributed by atoms with van der Waals surface area (Å²) >= 11 is 0. The van der Waals surface area contributed by atoms with Gasteiger partial charge < -0.3 is 15.4 Å². The van der Waals surface area contributed by atoms with Crippen LogP contribution in [-0.4, -0.2) is 24.0 Å². The molecule has 0 bridgehead atoms. The molecule has 2 N–H and O–H groups in total. The third kappa shape index (κ3) is 3.69. The van der Waals surface area contributed by atoms with Gasteiger partial charge in [0.15, 0.2) is 0 Å². The summed E-state index contributed by atoms with van der Waals surface area (Å²) in [5.41, 5.74) is 0.930. The second-order valence-corrected chi connectivity index (χ2v) is 6.57. The molecule has 1 heterocycles. The summed E-state index contributed by atoms with van der Waals surface area (Å²) in [6.07, 6.45) is 1.37. The van der Waals surface area contributed by atoms with Gasteiger partial charge in [-0.2, -0.15) is 0 Å². The zero-order valence-corrected chi connectivity index (χ0v) is 14.8. The topological polar surface area (TPSA) is 67.4 Å². The van der Waals surface area contributed by atoms with Crippen molar-refractivity contribution in [2.24, 2.45) is 0 Å².